The van der Waals surface area contributed by atoms with Crippen molar-refractivity contribution in [1.82, 2.24) is 25.5 Å². The van der Waals surface area contributed by atoms with Crippen LogP contribution < -0.4 is 10.6 Å². The number of oxazole rings is 1. The molecule has 0 spiro atoms. The number of nitrogens with zero attached hydrogens (tertiary/aromatic N) is 3. The van der Waals surface area contributed by atoms with E-state index in [4.69, 9.17) is 4.42 Å². The van der Waals surface area contributed by atoms with Crippen LogP contribution >= 0.6 is 0 Å². The van der Waals surface area contributed by atoms with Crippen molar-refractivity contribution in [3.8, 4) is 0 Å². The number of aliphatic hydroxyl groups is 1. The highest BCUT2D eigenvalue weighted by molar-refractivity contribution is 5.99. The molecule has 4 unspecified atom stereocenters. The standard InChI is InChI=1S/C36H43N5O4/c1-23-22-45-34(39-23)30-15-10-16-41(30)35(44)28-18-27(20-37-21-28)33(43)40-24(2)32(42)31(26-12-7-6-8-13-26)38-19-25-11-9-14-29(17-25)36(3,4)5/h6-9,11-14,17-18,20-22,24,30-32,38,42H,10,15-16,19H2,1-5H3,(H,40,43). The van der Waals surface area contributed by atoms with Crippen LogP contribution in [0.5, 0.6) is 0 Å². The van der Waals surface area contributed by atoms with E-state index >= 15 is 0 Å². The number of carbonyl (C=O) groups is 2. The summed E-state index contributed by atoms with van der Waals surface area (Å²) in [5.74, 6) is -0.131. The Bertz CT molecular complexity index is 1610. The number of hydrogen-bond acceptors (Lipinski definition) is 7. The summed E-state index contributed by atoms with van der Waals surface area (Å²) in [4.78, 5) is 37.2. The Balaban J connectivity index is 1.28. The third kappa shape index (κ3) is 7.67. The minimum absolute atomic E-state index is 0.0237. The largest absolute Gasteiger partial charge is 0.446 e. The summed E-state index contributed by atoms with van der Waals surface area (Å²) in [6.07, 6.45) is 5.12. The molecule has 4 atom stereocenters. The van der Waals surface area contributed by atoms with E-state index in [2.05, 4.69) is 65.6 Å². The summed E-state index contributed by atoms with van der Waals surface area (Å²) in [5, 5.41) is 18.0. The molecule has 1 aliphatic heterocycles. The molecule has 9 nitrogen and oxygen atoms in total. The van der Waals surface area contributed by atoms with E-state index in [0.29, 0.717) is 24.5 Å². The average Bonchev–Trinajstić information content (AvgIpc) is 3.70. The molecule has 0 saturated carbocycles. The van der Waals surface area contributed by atoms with Crippen molar-refractivity contribution >= 4 is 11.8 Å². The van der Waals surface area contributed by atoms with Crippen LogP contribution in [0, 0.1) is 6.92 Å². The second kappa shape index (κ2) is 13.7. The Morgan fingerprint density at radius 3 is 2.53 bits per heavy atom. The van der Waals surface area contributed by atoms with Crippen molar-refractivity contribution in [1.29, 1.82) is 0 Å². The third-order valence-corrected chi connectivity index (χ3v) is 8.37. The number of aliphatic hydroxyl groups excluding tert-OH is 1. The maximum atomic E-state index is 13.5. The lowest BCUT2D eigenvalue weighted by Gasteiger charge is -2.30. The van der Waals surface area contributed by atoms with E-state index < -0.39 is 24.1 Å². The van der Waals surface area contributed by atoms with Crippen molar-refractivity contribution in [3.63, 3.8) is 0 Å². The highest BCUT2D eigenvalue weighted by Crippen LogP contribution is 2.33. The number of carbonyl (C=O) groups excluding carboxylic acids is 2. The molecular formula is C36H43N5O4. The van der Waals surface area contributed by atoms with Gasteiger partial charge in [-0.3, -0.25) is 14.6 Å². The minimum atomic E-state index is -0.950. The normalized spacial score (nSPS) is 17.1. The van der Waals surface area contributed by atoms with Gasteiger partial charge in [0, 0.05) is 25.5 Å². The van der Waals surface area contributed by atoms with Crippen molar-refractivity contribution in [2.75, 3.05) is 6.54 Å². The van der Waals surface area contributed by atoms with Crippen LogP contribution in [0.25, 0.3) is 0 Å². The average molecular weight is 610 g/mol. The van der Waals surface area contributed by atoms with E-state index in [9.17, 15) is 14.7 Å². The maximum Gasteiger partial charge on any atom is 0.256 e. The second-order valence-corrected chi connectivity index (χ2v) is 12.9. The molecule has 0 aliphatic carbocycles. The van der Waals surface area contributed by atoms with Crippen LogP contribution in [0.15, 0.2) is 83.7 Å². The summed E-state index contributed by atoms with van der Waals surface area (Å²) in [7, 11) is 0. The van der Waals surface area contributed by atoms with Gasteiger partial charge in [0.2, 0.25) is 5.89 Å². The fraction of sp³-hybridized carbons (Fsp3) is 0.389. The van der Waals surface area contributed by atoms with E-state index in [0.717, 1.165) is 29.7 Å². The number of hydrogen-bond donors (Lipinski definition) is 3. The van der Waals surface area contributed by atoms with Crippen molar-refractivity contribution in [2.45, 2.75) is 83.6 Å². The van der Waals surface area contributed by atoms with Gasteiger partial charge >= 0.3 is 0 Å². The van der Waals surface area contributed by atoms with Crippen LogP contribution in [0.4, 0.5) is 0 Å². The van der Waals surface area contributed by atoms with Crippen molar-refractivity contribution < 1.29 is 19.1 Å². The molecule has 4 aromatic rings. The van der Waals surface area contributed by atoms with Gasteiger partial charge in [-0.15, -0.1) is 0 Å². The quantitative estimate of drug-likeness (QED) is 0.212. The van der Waals surface area contributed by atoms with Crippen LogP contribution in [-0.4, -0.2) is 50.5 Å². The van der Waals surface area contributed by atoms with E-state index in [1.807, 2.05) is 37.3 Å². The third-order valence-electron chi connectivity index (χ3n) is 8.37. The maximum absolute atomic E-state index is 13.5. The smallest absolute Gasteiger partial charge is 0.256 e. The first-order chi connectivity index (χ1) is 21.5. The summed E-state index contributed by atoms with van der Waals surface area (Å²) in [5.41, 5.74) is 4.60. The Morgan fingerprint density at radius 2 is 1.82 bits per heavy atom. The molecule has 2 aromatic heterocycles. The van der Waals surface area contributed by atoms with Crippen LogP contribution in [0.1, 0.15) is 102 Å². The van der Waals surface area contributed by atoms with Crippen LogP contribution in [-0.2, 0) is 12.0 Å². The zero-order chi connectivity index (χ0) is 32.1. The lowest BCUT2D eigenvalue weighted by Crippen LogP contribution is -2.47. The number of aryl methyl sites for hydroxylation is 1. The van der Waals surface area contributed by atoms with Gasteiger partial charge in [0.1, 0.15) is 12.3 Å². The van der Waals surface area contributed by atoms with Crippen LogP contribution in [0.2, 0.25) is 0 Å². The van der Waals surface area contributed by atoms with Crippen molar-refractivity contribution in [2.24, 2.45) is 0 Å². The summed E-state index contributed by atoms with van der Waals surface area (Å²) < 4.78 is 5.59. The predicted octanol–water partition coefficient (Wildman–Crippen LogP) is 5.66. The van der Waals surface area contributed by atoms with Gasteiger partial charge in [-0.25, -0.2) is 4.98 Å². The molecule has 0 bridgehead atoms. The monoisotopic (exact) mass is 609 g/mol. The van der Waals surface area contributed by atoms with E-state index in [-0.39, 0.29) is 22.9 Å². The summed E-state index contributed by atoms with van der Waals surface area (Å²) >= 11 is 0. The lowest BCUT2D eigenvalue weighted by molar-refractivity contribution is 0.0714. The van der Waals surface area contributed by atoms with E-state index in [1.54, 1.807) is 24.2 Å². The Kier molecular flexibility index (Phi) is 9.80. The predicted molar refractivity (Wildman–Crippen MR) is 173 cm³/mol. The molecule has 236 valence electrons. The van der Waals surface area contributed by atoms with Gasteiger partial charge in [0.15, 0.2) is 0 Å². The molecule has 1 saturated heterocycles. The molecule has 9 heteroatoms. The first-order valence-corrected chi connectivity index (χ1v) is 15.6. The first kappa shape index (κ1) is 32.1. The SMILES string of the molecule is Cc1coc(C2CCCN2C(=O)c2cncc(C(=O)NC(C)C(O)C(NCc3cccc(C(C)(C)C)c3)c3ccccc3)c2)n1. The Hall–Kier alpha value is -4.34. The lowest BCUT2D eigenvalue weighted by atomic mass is 9.86. The fourth-order valence-corrected chi connectivity index (χ4v) is 5.77. The van der Waals surface area contributed by atoms with Gasteiger partial charge in [0.25, 0.3) is 11.8 Å². The van der Waals surface area contributed by atoms with Gasteiger partial charge in [-0.2, -0.15) is 0 Å². The second-order valence-electron chi connectivity index (χ2n) is 12.9. The molecule has 5 rings (SSSR count). The zero-order valence-electron chi connectivity index (χ0n) is 26.7. The Morgan fingerprint density at radius 1 is 1.07 bits per heavy atom. The first-order valence-electron chi connectivity index (χ1n) is 15.6. The molecule has 45 heavy (non-hydrogen) atoms. The fourth-order valence-electron chi connectivity index (χ4n) is 5.77. The van der Waals surface area contributed by atoms with Crippen molar-refractivity contribution in [3.05, 3.63) is 119 Å². The van der Waals surface area contributed by atoms with Crippen LogP contribution in [0.3, 0.4) is 0 Å². The molecule has 2 amide bonds. The molecule has 1 fully saturated rings. The molecule has 2 aromatic carbocycles. The molecule has 0 radical (unpaired) electrons. The number of amides is 2. The summed E-state index contributed by atoms with van der Waals surface area (Å²) in [6, 6.07) is 18.4. The number of pyridine rings is 1. The molecule has 1 aliphatic rings. The number of rotatable bonds is 10. The van der Waals surface area contributed by atoms with Gasteiger partial charge < -0.3 is 25.1 Å². The number of likely N-dealkylation sites (tertiary alicyclic amines) is 1. The Labute approximate surface area is 265 Å². The van der Waals surface area contributed by atoms with Gasteiger partial charge in [-0.05, 0) is 54.9 Å². The number of aromatic nitrogens is 2. The zero-order valence-corrected chi connectivity index (χ0v) is 26.7. The highest BCUT2D eigenvalue weighted by Gasteiger charge is 2.34. The minimum Gasteiger partial charge on any atom is -0.446 e. The van der Waals surface area contributed by atoms with Gasteiger partial charge in [0.05, 0.1) is 35.0 Å². The van der Waals surface area contributed by atoms with Gasteiger partial charge in [-0.1, -0.05) is 75.4 Å². The number of nitrogens with one attached hydrogen (secondary N) is 2. The number of benzene rings is 2. The molecule has 3 N–H and O–H groups in total. The molecule has 3 heterocycles. The highest BCUT2D eigenvalue weighted by atomic mass is 16.3. The topological polar surface area (TPSA) is 121 Å². The van der Waals surface area contributed by atoms with E-state index in [1.165, 1.54) is 18.0 Å². The molecular weight excluding hydrogens is 566 g/mol. The summed E-state index contributed by atoms with van der Waals surface area (Å²) in [6.45, 7) is 11.3.